The Bertz CT molecular complexity index is 736. The predicted molar refractivity (Wildman–Crippen MR) is 110 cm³/mol. The lowest BCUT2D eigenvalue weighted by molar-refractivity contribution is 0.0934. The van der Waals surface area contributed by atoms with Crippen molar-refractivity contribution < 1.29 is 4.79 Å². The second-order valence-electron chi connectivity index (χ2n) is 7.41. The van der Waals surface area contributed by atoms with E-state index in [1.165, 1.54) is 24.7 Å². The summed E-state index contributed by atoms with van der Waals surface area (Å²) in [5.74, 6) is 1.26. The topological polar surface area (TPSA) is 70.2 Å². The molecule has 6 heteroatoms. The second-order valence-corrected chi connectivity index (χ2v) is 7.41. The van der Waals surface area contributed by atoms with Gasteiger partial charge in [0.25, 0.3) is 5.91 Å². The fraction of sp³-hybridized carbons (Fsp3) is 0.476. The monoisotopic (exact) mass is 367 g/mol. The fourth-order valence-corrected chi connectivity index (χ4v) is 3.08. The van der Waals surface area contributed by atoms with Crippen molar-refractivity contribution in [1.29, 1.82) is 0 Å². The van der Waals surface area contributed by atoms with Gasteiger partial charge in [-0.05, 0) is 56.4 Å². The molecular formula is C21H29N5O. The first-order valence-corrected chi connectivity index (χ1v) is 9.80. The van der Waals surface area contributed by atoms with E-state index < -0.39 is 0 Å². The zero-order valence-corrected chi connectivity index (χ0v) is 16.4. The number of amides is 1. The number of aromatic nitrogens is 2. The van der Waals surface area contributed by atoms with E-state index in [0.29, 0.717) is 11.5 Å². The molecule has 1 aliphatic heterocycles. The van der Waals surface area contributed by atoms with Gasteiger partial charge in [-0.3, -0.25) is 4.79 Å². The molecule has 3 rings (SSSR count). The average Bonchev–Trinajstić information content (AvgIpc) is 2.69. The zero-order valence-electron chi connectivity index (χ0n) is 16.4. The van der Waals surface area contributed by atoms with Gasteiger partial charge in [-0.15, -0.1) is 0 Å². The van der Waals surface area contributed by atoms with E-state index in [-0.39, 0.29) is 11.9 Å². The largest absolute Gasteiger partial charge is 0.372 e. The van der Waals surface area contributed by atoms with Crippen LogP contribution >= 0.6 is 0 Å². The highest BCUT2D eigenvalue weighted by Crippen LogP contribution is 2.25. The summed E-state index contributed by atoms with van der Waals surface area (Å²) in [4.78, 5) is 23.0. The molecule has 1 saturated heterocycles. The number of nitrogens with zero attached hydrogens (tertiary/aromatic N) is 3. The van der Waals surface area contributed by atoms with E-state index in [4.69, 9.17) is 0 Å². The zero-order chi connectivity index (χ0) is 19.2. The van der Waals surface area contributed by atoms with Crippen LogP contribution in [0.3, 0.4) is 0 Å². The van der Waals surface area contributed by atoms with E-state index in [1.54, 1.807) is 6.20 Å². The molecule has 0 radical (unpaired) electrons. The van der Waals surface area contributed by atoms with Gasteiger partial charge in [0.2, 0.25) is 0 Å². The Kier molecular flexibility index (Phi) is 6.27. The Balaban J connectivity index is 1.58. The smallest absolute Gasteiger partial charge is 0.271 e. The number of piperidine rings is 1. The molecule has 0 bridgehead atoms. The summed E-state index contributed by atoms with van der Waals surface area (Å²) in [6, 6.07) is 8.51. The minimum Gasteiger partial charge on any atom is -0.372 e. The number of anilines is 3. The molecule has 1 aliphatic rings. The van der Waals surface area contributed by atoms with Crippen LogP contribution in [0.15, 0.2) is 36.7 Å². The summed E-state index contributed by atoms with van der Waals surface area (Å²) >= 11 is 0. The third-order valence-corrected chi connectivity index (χ3v) is 5.16. The minimum atomic E-state index is -0.191. The Labute approximate surface area is 161 Å². The summed E-state index contributed by atoms with van der Waals surface area (Å²) in [6.07, 6.45) is 6.49. The number of hydrogen-bond acceptors (Lipinski definition) is 5. The quantitative estimate of drug-likeness (QED) is 0.808. The number of nitrogens with one attached hydrogen (secondary N) is 2. The van der Waals surface area contributed by atoms with Crippen molar-refractivity contribution in [3.63, 3.8) is 0 Å². The Morgan fingerprint density at radius 1 is 1.19 bits per heavy atom. The molecule has 1 amide bonds. The lowest BCUT2D eigenvalue weighted by Crippen LogP contribution is -2.32. The van der Waals surface area contributed by atoms with Gasteiger partial charge in [-0.2, -0.15) is 0 Å². The third-order valence-electron chi connectivity index (χ3n) is 5.16. The molecule has 2 aromatic rings. The van der Waals surface area contributed by atoms with Gasteiger partial charge in [-0.1, -0.05) is 13.8 Å². The molecule has 6 nitrogen and oxygen atoms in total. The van der Waals surface area contributed by atoms with Crippen LogP contribution in [-0.2, 0) is 0 Å². The average molecular weight is 367 g/mol. The number of carbonyl (C=O) groups excluding carboxylic acids is 1. The van der Waals surface area contributed by atoms with Gasteiger partial charge in [-0.25, -0.2) is 9.97 Å². The summed E-state index contributed by atoms with van der Waals surface area (Å²) < 4.78 is 0. The van der Waals surface area contributed by atoms with Crippen LogP contribution in [0.2, 0.25) is 0 Å². The first-order valence-electron chi connectivity index (χ1n) is 9.80. The first kappa shape index (κ1) is 19.1. The Morgan fingerprint density at radius 3 is 2.48 bits per heavy atom. The lowest BCUT2D eigenvalue weighted by atomic mass is 9.99. The highest BCUT2D eigenvalue weighted by Gasteiger charge is 2.16. The summed E-state index contributed by atoms with van der Waals surface area (Å²) in [5, 5.41) is 6.12. The SMILES string of the molecule is CCC(C)NC(=O)c1cnc(Nc2ccc(N3CCC(C)CC3)cc2)cn1. The van der Waals surface area contributed by atoms with E-state index in [9.17, 15) is 4.79 Å². The Morgan fingerprint density at radius 2 is 1.89 bits per heavy atom. The van der Waals surface area contributed by atoms with Crippen LogP contribution in [-0.4, -0.2) is 35.0 Å². The van der Waals surface area contributed by atoms with Crippen molar-refractivity contribution in [3.8, 4) is 0 Å². The summed E-state index contributed by atoms with van der Waals surface area (Å²) in [5.41, 5.74) is 2.54. The van der Waals surface area contributed by atoms with Crippen LogP contribution in [0.1, 0.15) is 50.5 Å². The van der Waals surface area contributed by atoms with E-state index >= 15 is 0 Å². The van der Waals surface area contributed by atoms with Crippen LogP contribution in [0.4, 0.5) is 17.2 Å². The van der Waals surface area contributed by atoms with Crippen molar-refractivity contribution in [3.05, 3.63) is 42.4 Å². The molecule has 27 heavy (non-hydrogen) atoms. The maximum atomic E-state index is 12.1. The number of carbonyl (C=O) groups is 1. The highest BCUT2D eigenvalue weighted by molar-refractivity contribution is 5.92. The van der Waals surface area contributed by atoms with Crippen molar-refractivity contribution in [2.24, 2.45) is 5.92 Å². The molecule has 2 N–H and O–H groups in total. The molecule has 2 heterocycles. The van der Waals surface area contributed by atoms with Crippen LogP contribution < -0.4 is 15.5 Å². The normalized spacial score (nSPS) is 16.0. The van der Waals surface area contributed by atoms with Crippen molar-refractivity contribution in [2.45, 2.75) is 46.1 Å². The van der Waals surface area contributed by atoms with Gasteiger partial charge in [0.05, 0.1) is 12.4 Å². The molecule has 1 unspecified atom stereocenters. The molecule has 1 aromatic carbocycles. The predicted octanol–water partition coefficient (Wildman–Crippen LogP) is 3.98. The number of rotatable bonds is 6. The minimum absolute atomic E-state index is 0.124. The molecule has 1 aromatic heterocycles. The third kappa shape index (κ3) is 5.18. The molecule has 144 valence electrons. The van der Waals surface area contributed by atoms with Gasteiger partial charge in [0.1, 0.15) is 11.5 Å². The standard InChI is InChI=1S/C21H29N5O/c1-4-16(3)24-21(27)19-13-23-20(14-22-19)25-17-5-7-18(8-6-17)26-11-9-15(2)10-12-26/h5-8,13-16H,4,9-12H2,1-3H3,(H,23,25)(H,24,27). The maximum absolute atomic E-state index is 12.1. The van der Waals surface area contributed by atoms with Crippen molar-refractivity contribution in [1.82, 2.24) is 15.3 Å². The summed E-state index contributed by atoms with van der Waals surface area (Å²) in [6.45, 7) is 8.57. The van der Waals surface area contributed by atoms with Crippen LogP contribution in [0.5, 0.6) is 0 Å². The molecular weight excluding hydrogens is 338 g/mol. The Hall–Kier alpha value is -2.63. The molecule has 1 atom stereocenters. The highest BCUT2D eigenvalue weighted by atomic mass is 16.1. The molecule has 0 spiro atoms. The van der Waals surface area contributed by atoms with Gasteiger partial charge < -0.3 is 15.5 Å². The van der Waals surface area contributed by atoms with Gasteiger partial charge in [0, 0.05) is 30.5 Å². The van der Waals surface area contributed by atoms with Gasteiger partial charge >= 0.3 is 0 Å². The van der Waals surface area contributed by atoms with Crippen molar-refractivity contribution >= 4 is 23.1 Å². The number of benzene rings is 1. The first-order chi connectivity index (χ1) is 13.0. The van der Waals surface area contributed by atoms with Crippen molar-refractivity contribution in [2.75, 3.05) is 23.3 Å². The molecule has 1 fully saturated rings. The second kappa shape index (κ2) is 8.84. The molecule has 0 aliphatic carbocycles. The van der Waals surface area contributed by atoms with Gasteiger partial charge in [0.15, 0.2) is 0 Å². The van der Waals surface area contributed by atoms with E-state index in [0.717, 1.165) is 31.1 Å². The van der Waals surface area contributed by atoms with Crippen LogP contribution in [0.25, 0.3) is 0 Å². The number of hydrogen-bond donors (Lipinski definition) is 2. The molecule has 0 saturated carbocycles. The maximum Gasteiger partial charge on any atom is 0.271 e. The summed E-state index contributed by atoms with van der Waals surface area (Å²) in [7, 11) is 0. The fourth-order valence-electron chi connectivity index (χ4n) is 3.08. The van der Waals surface area contributed by atoms with E-state index in [1.807, 2.05) is 13.8 Å². The lowest BCUT2D eigenvalue weighted by Gasteiger charge is -2.32. The van der Waals surface area contributed by atoms with Crippen LogP contribution in [0, 0.1) is 5.92 Å². The van der Waals surface area contributed by atoms with E-state index in [2.05, 4.69) is 56.7 Å².